The molecule has 0 radical (unpaired) electrons. The van der Waals surface area contributed by atoms with Crippen LogP contribution in [0.5, 0.6) is 0 Å². The minimum atomic E-state index is 0.978. The fourth-order valence-electron chi connectivity index (χ4n) is 1.21. The molecule has 1 heterocycles. The van der Waals surface area contributed by atoms with Crippen LogP contribution in [0, 0.1) is 0 Å². The van der Waals surface area contributed by atoms with Gasteiger partial charge in [0.1, 0.15) is 0 Å². The number of benzene rings is 1. The maximum Gasteiger partial charge on any atom is 0.167 e. The minimum Gasteiger partial charge on any atom is -0.329 e. The van der Waals surface area contributed by atoms with Gasteiger partial charge in [-0.05, 0) is 5.56 Å². The van der Waals surface area contributed by atoms with Gasteiger partial charge in [-0.1, -0.05) is 42.1 Å². The third-order valence-electron chi connectivity index (χ3n) is 1.99. The molecule has 14 heavy (non-hydrogen) atoms. The fourth-order valence-corrected chi connectivity index (χ4v) is 2.10. The van der Waals surface area contributed by atoms with Crippen molar-refractivity contribution in [2.45, 2.75) is 10.9 Å². The highest BCUT2D eigenvalue weighted by Gasteiger charge is 1.99. The zero-order chi connectivity index (χ0) is 9.80. The number of aryl methyl sites for hydroxylation is 1. The van der Waals surface area contributed by atoms with Gasteiger partial charge in [-0.2, -0.15) is 0 Å². The van der Waals surface area contributed by atoms with Crippen molar-refractivity contribution in [2.24, 2.45) is 7.05 Å². The van der Waals surface area contributed by atoms with E-state index in [1.165, 1.54) is 5.56 Å². The van der Waals surface area contributed by atoms with E-state index in [0.717, 1.165) is 10.9 Å². The van der Waals surface area contributed by atoms with E-state index in [9.17, 15) is 0 Å². The van der Waals surface area contributed by atoms with E-state index < -0.39 is 0 Å². The molecular formula is C11H12N2S. The quantitative estimate of drug-likeness (QED) is 0.715. The Labute approximate surface area is 88.0 Å². The van der Waals surface area contributed by atoms with Crippen LogP contribution in [0.15, 0.2) is 47.9 Å². The summed E-state index contributed by atoms with van der Waals surface area (Å²) in [6.07, 6.45) is 3.79. The predicted octanol–water partition coefficient (Wildman–Crippen LogP) is 2.71. The van der Waals surface area contributed by atoms with Gasteiger partial charge in [-0.15, -0.1) is 0 Å². The molecule has 72 valence electrons. The van der Waals surface area contributed by atoms with Crippen molar-refractivity contribution in [1.82, 2.24) is 9.55 Å². The first-order valence-corrected chi connectivity index (χ1v) is 5.49. The molecule has 0 amide bonds. The molecule has 0 aliphatic heterocycles. The summed E-state index contributed by atoms with van der Waals surface area (Å²) in [7, 11) is 2.01. The van der Waals surface area contributed by atoms with Gasteiger partial charge in [0, 0.05) is 25.2 Å². The van der Waals surface area contributed by atoms with Crippen LogP contribution < -0.4 is 0 Å². The second-order valence-electron chi connectivity index (χ2n) is 3.09. The van der Waals surface area contributed by atoms with Gasteiger partial charge in [0.15, 0.2) is 5.16 Å². The number of hydrogen-bond donors (Lipinski definition) is 0. The highest BCUT2D eigenvalue weighted by atomic mass is 32.2. The number of nitrogens with zero attached hydrogens (tertiary/aromatic N) is 2. The Morgan fingerprint density at radius 1 is 1.29 bits per heavy atom. The second kappa shape index (κ2) is 4.33. The topological polar surface area (TPSA) is 17.8 Å². The first-order chi connectivity index (χ1) is 6.86. The highest BCUT2D eigenvalue weighted by molar-refractivity contribution is 7.98. The lowest BCUT2D eigenvalue weighted by molar-refractivity contribution is 0.790. The number of aromatic nitrogens is 2. The maximum atomic E-state index is 4.26. The van der Waals surface area contributed by atoms with Crippen molar-refractivity contribution >= 4 is 11.8 Å². The summed E-state index contributed by atoms with van der Waals surface area (Å²) in [5.74, 6) is 0.978. The van der Waals surface area contributed by atoms with E-state index in [0.29, 0.717) is 0 Å². The molecule has 0 N–H and O–H groups in total. The first kappa shape index (κ1) is 9.34. The molecule has 2 aromatic rings. The average Bonchev–Trinajstić information content (AvgIpc) is 2.63. The van der Waals surface area contributed by atoms with Crippen molar-refractivity contribution in [1.29, 1.82) is 0 Å². The van der Waals surface area contributed by atoms with E-state index in [1.807, 2.05) is 30.1 Å². The van der Waals surface area contributed by atoms with Crippen LogP contribution in [0.4, 0.5) is 0 Å². The van der Waals surface area contributed by atoms with E-state index >= 15 is 0 Å². The Morgan fingerprint density at radius 3 is 2.71 bits per heavy atom. The van der Waals surface area contributed by atoms with Crippen LogP contribution in [0.1, 0.15) is 5.56 Å². The monoisotopic (exact) mass is 204 g/mol. The molecule has 0 aliphatic rings. The Morgan fingerprint density at radius 2 is 2.07 bits per heavy atom. The number of imidazole rings is 1. The molecule has 2 rings (SSSR count). The van der Waals surface area contributed by atoms with Crippen LogP contribution in [0.2, 0.25) is 0 Å². The number of thioether (sulfide) groups is 1. The first-order valence-electron chi connectivity index (χ1n) is 4.50. The summed E-state index contributed by atoms with van der Waals surface area (Å²) < 4.78 is 2.04. The van der Waals surface area contributed by atoms with Crippen molar-refractivity contribution in [3.63, 3.8) is 0 Å². The molecule has 0 aliphatic carbocycles. The number of hydrogen-bond acceptors (Lipinski definition) is 2. The van der Waals surface area contributed by atoms with Crippen LogP contribution in [-0.2, 0) is 12.8 Å². The Hall–Kier alpha value is -1.22. The Balaban J connectivity index is 1.99. The fraction of sp³-hybridized carbons (Fsp3) is 0.182. The molecule has 1 aromatic heterocycles. The van der Waals surface area contributed by atoms with Crippen molar-refractivity contribution in [3.8, 4) is 0 Å². The van der Waals surface area contributed by atoms with Crippen LogP contribution in [0.3, 0.4) is 0 Å². The maximum absolute atomic E-state index is 4.26. The summed E-state index contributed by atoms with van der Waals surface area (Å²) in [5.41, 5.74) is 1.33. The molecule has 1 aromatic carbocycles. The van der Waals surface area contributed by atoms with Crippen molar-refractivity contribution < 1.29 is 0 Å². The summed E-state index contributed by atoms with van der Waals surface area (Å²) in [6.45, 7) is 0. The third-order valence-corrected chi connectivity index (χ3v) is 3.12. The van der Waals surface area contributed by atoms with Gasteiger partial charge >= 0.3 is 0 Å². The van der Waals surface area contributed by atoms with E-state index in [1.54, 1.807) is 11.8 Å². The van der Waals surface area contributed by atoms with Crippen LogP contribution >= 0.6 is 11.8 Å². The van der Waals surface area contributed by atoms with Gasteiger partial charge in [0.05, 0.1) is 0 Å². The molecule has 0 spiro atoms. The molecule has 0 atom stereocenters. The summed E-state index contributed by atoms with van der Waals surface area (Å²) in [6, 6.07) is 10.4. The molecule has 2 nitrogen and oxygen atoms in total. The van der Waals surface area contributed by atoms with E-state index in [4.69, 9.17) is 0 Å². The summed E-state index contributed by atoms with van der Waals surface area (Å²) in [4.78, 5) is 4.26. The minimum absolute atomic E-state index is 0.978. The molecule has 0 saturated carbocycles. The van der Waals surface area contributed by atoms with Gasteiger partial charge in [0.25, 0.3) is 0 Å². The lowest BCUT2D eigenvalue weighted by Gasteiger charge is -2.01. The normalized spacial score (nSPS) is 10.4. The van der Waals surface area contributed by atoms with Crippen LogP contribution in [-0.4, -0.2) is 9.55 Å². The van der Waals surface area contributed by atoms with Gasteiger partial charge < -0.3 is 4.57 Å². The van der Waals surface area contributed by atoms with E-state index in [2.05, 4.69) is 29.2 Å². The third kappa shape index (κ3) is 2.17. The summed E-state index contributed by atoms with van der Waals surface area (Å²) in [5, 5.41) is 1.06. The lowest BCUT2D eigenvalue weighted by Crippen LogP contribution is -1.89. The molecule has 0 bridgehead atoms. The second-order valence-corrected chi connectivity index (χ2v) is 4.04. The van der Waals surface area contributed by atoms with Gasteiger partial charge in [0.2, 0.25) is 0 Å². The standard InChI is InChI=1S/C11H12N2S/c1-13-8-7-12-11(13)14-9-10-5-3-2-4-6-10/h2-8H,9H2,1H3. The van der Waals surface area contributed by atoms with Crippen molar-refractivity contribution in [2.75, 3.05) is 0 Å². The SMILES string of the molecule is Cn1ccnc1SCc1ccccc1. The highest BCUT2D eigenvalue weighted by Crippen LogP contribution is 2.19. The average molecular weight is 204 g/mol. The smallest absolute Gasteiger partial charge is 0.167 e. The van der Waals surface area contributed by atoms with Crippen molar-refractivity contribution in [3.05, 3.63) is 48.3 Å². The molecule has 0 fully saturated rings. The number of rotatable bonds is 3. The Kier molecular flexibility index (Phi) is 2.89. The Bertz CT molecular complexity index is 395. The molecule has 0 unspecified atom stereocenters. The zero-order valence-corrected chi connectivity index (χ0v) is 8.87. The summed E-state index contributed by atoms with van der Waals surface area (Å²) >= 11 is 1.76. The lowest BCUT2D eigenvalue weighted by atomic mass is 10.2. The largest absolute Gasteiger partial charge is 0.329 e. The van der Waals surface area contributed by atoms with Gasteiger partial charge in [-0.25, -0.2) is 4.98 Å². The predicted molar refractivity (Wildman–Crippen MR) is 59.2 cm³/mol. The van der Waals surface area contributed by atoms with Gasteiger partial charge in [-0.3, -0.25) is 0 Å². The van der Waals surface area contributed by atoms with E-state index in [-0.39, 0.29) is 0 Å². The molecular weight excluding hydrogens is 192 g/mol. The van der Waals surface area contributed by atoms with Crippen LogP contribution in [0.25, 0.3) is 0 Å². The zero-order valence-electron chi connectivity index (χ0n) is 8.05. The molecule has 0 saturated heterocycles. The molecule has 3 heteroatoms.